The molecule has 1 unspecified atom stereocenters. The van der Waals surface area contributed by atoms with Crippen molar-refractivity contribution in [2.45, 2.75) is 12.5 Å². The predicted molar refractivity (Wildman–Crippen MR) is 80.8 cm³/mol. The average molecular weight is 339 g/mol. The lowest BCUT2D eigenvalue weighted by Gasteiger charge is -2.17. The van der Waals surface area contributed by atoms with Crippen LogP contribution in [0.4, 0.5) is 0 Å². The Morgan fingerprint density at radius 1 is 1.21 bits per heavy atom. The summed E-state index contributed by atoms with van der Waals surface area (Å²) in [4.78, 5) is 0. The zero-order valence-corrected chi connectivity index (χ0v) is 12.5. The van der Waals surface area contributed by atoms with Gasteiger partial charge in [0.15, 0.2) is 0 Å². The Hall–Kier alpha value is -1.03. The first-order valence-electron chi connectivity index (χ1n) is 6.12. The van der Waals surface area contributed by atoms with Crippen molar-refractivity contribution in [1.82, 2.24) is 0 Å². The van der Waals surface area contributed by atoms with Gasteiger partial charge in [-0.2, -0.15) is 0 Å². The highest BCUT2D eigenvalue weighted by atomic mass is 79.9. The minimum absolute atomic E-state index is 0.270. The van der Waals surface area contributed by atoms with E-state index in [9.17, 15) is 0 Å². The molecule has 19 heavy (non-hydrogen) atoms. The van der Waals surface area contributed by atoms with Crippen LogP contribution in [0.25, 0.3) is 0 Å². The first-order chi connectivity index (χ1) is 9.16. The van der Waals surface area contributed by atoms with E-state index in [2.05, 4.69) is 22.0 Å². The number of hydrogen-bond donors (Lipinski definition) is 1. The lowest BCUT2D eigenvalue weighted by Crippen LogP contribution is -2.13. The number of hydrogen-bond acceptors (Lipinski definition) is 2. The van der Waals surface area contributed by atoms with Gasteiger partial charge < -0.3 is 10.5 Å². The average Bonchev–Trinajstić information content (AvgIpc) is 2.86. The van der Waals surface area contributed by atoms with Crippen molar-refractivity contribution < 1.29 is 4.74 Å². The van der Waals surface area contributed by atoms with Crippen LogP contribution in [0.1, 0.15) is 22.7 Å². The summed E-state index contributed by atoms with van der Waals surface area (Å²) < 4.78 is 6.65. The normalized spacial score (nSPS) is 14.9. The minimum Gasteiger partial charge on any atom is -0.493 e. The summed E-state index contributed by atoms with van der Waals surface area (Å²) in [6.45, 7) is 0.729. The zero-order chi connectivity index (χ0) is 13.4. The fourth-order valence-electron chi connectivity index (χ4n) is 2.41. The molecular formula is C15H13BrClNO. The van der Waals surface area contributed by atoms with Gasteiger partial charge in [0.2, 0.25) is 0 Å². The Morgan fingerprint density at radius 2 is 2.05 bits per heavy atom. The van der Waals surface area contributed by atoms with Crippen LogP contribution < -0.4 is 10.5 Å². The van der Waals surface area contributed by atoms with Crippen molar-refractivity contribution in [3.63, 3.8) is 0 Å². The zero-order valence-electron chi connectivity index (χ0n) is 10.2. The summed E-state index contributed by atoms with van der Waals surface area (Å²) in [5.41, 5.74) is 9.49. The number of benzene rings is 2. The second-order valence-electron chi connectivity index (χ2n) is 4.58. The van der Waals surface area contributed by atoms with E-state index < -0.39 is 0 Å². The summed E-state index contributed by atoms with van der Waals surface area (Å²) in [6, 6.07) is 11.6. The lowest BCUT2D eigenvalue weighted by molar-refractivity contribution is 0.352. The van der Waals surface area contributed by atoms with Gasteiger partial charge >= 0.3 is 0 Å². The van der Waals surface area contributed by atoms with Crippen molar-refractivity contribution in [3.8, 4) is 5.75 Å². The number of halogens is 2. The lowest BCUT2D eigenvalue weighted by atomic mass is 9.96. The largest absolute Gasteiger partial charge is 0.493 e. The quantitative estimate of drug-likeness (QED) is 0.895. The molecule has 4 heteroatoms. The van der Waals surface area contributed by atoms with Crippen LogP contribution in [-0.2, 0) is 6.42 Å². The molecule has 0 aliphatic carbocycles. The van der Waals surface area contributed by atoms with Crippen molar-refractivity contribution in [3.05, 3.63) is 62.6 Å². The third-order valence-electron chi connectivity index (χ3n) is 3.38. The molecule has 0 spiro atoms. The van der Waals surface area contributed by atoms with Crippen molar-refractivity contribution in [2.75, 3.05) is 6.61 Å². The van der Waals surface area contributed by atoms with Crippen LogP contribution in [0.3, 0.4) is 0 Å². The fourth-order valence-corrected chi connectivity index (χ4v) is 3.20. The molecule has 1 heterocycles. The predicted octanol–water partition coefficient (Wildman–Crippen LogP) is 4.09. The van der Waals surface area contributed by atoms with Gasteiger partial charge in [-0.15, -0.1) is 0 Å². The third-order valence-corrected chi connectivity index (χ3v) is 4.20. The molecule has 1 atom stereocenters. The maximum absolute atomic E-state index is 6.36. The molecule has 1 aliphatic rings. The van der Waals surface area contributed by atoms with Gasteiger partial charge in [0.1, 0.15) is 5.75 Å². The molecule has 0 aromatic heterocycles. The molecule has 0 bridgehead atoms. The van der Waals surface area contributed by atoms with Crippen molar-refractivity contribution in [1.29, 1.82) is 0 Å². The molecule has 1 aliphatic heterocycles. The van der Waals surface area contributed by atoms with E-state index in [1.165, 1.54) is 5.56 Å². The van der Waals surface area contributed by atoms with Crippen LogP contribution in [0.2, 0.25) is 5.02 Å². The number of ether oxygens (including phenoxy) is 1. The molecule has 0 saturated carbocycles. The Morgan fingerprint density at radius 3 is 2.84 bits per heavy atom. The molecule has 0 radical (unpaired) electrons. The molecule has 3 rings (SSSR count). The maximum Gasteiger partial charge on any atom is 0.127 e. The second-order valence-corrected chi connectivity index (χ2v) is 5.90. The van der Waals surface area contributed by atoms with E-state index in [1.807, 2.05) is 30.3 Å². The summed E-state index contributed by atoms with van der Waals surface area (Å²) in [5, 5.41) is 0.664. The first kappa shape index (κ1) is 13.0. The summed E-state index contributed by atoms with van der Waals surface area (Å²) in [7, 11) is 0. The molecule has 2 aromatic carbocycles. The molecule has 2 nitrogen and oxygen atoms in total. The topological polar surface area (TPSA) is 35.2 Å². The fraction of sp³-hybridized carbons (Fsp3) is 0.200. The van der Waals surface area contributed by atoms with E-state index in [4.69, 9.17) is 22.1 Å². The van der Waals surface area contributed by atoms with E-state index in [0.29, 0.717) is 5.02 Å². The van der Waals surface area contributed by atoms with Crippen LogP contribution in [0, 0.1) is 0 Å². The van der Waals surface area contributed by atoms with Crippen LogP contribution in [0.15, 0.2) is 40.9 Å². The summed E-state index contributed by atoms with van der Waals surface area (Å²) >= 11 is 9.68. The Kier molecular flexibility index (Phi) is 3.52. The van der Waals surface area contributed by atoms with E-state index in [-0.39, 0.29) is 6.04 Å². The number of fused-ring (bicyclic) bond motifs is 1. The van der Waals surface area contributed by atoms with Gasteiger partial charge in [-0.05, 0) is 23.3 Å². The number of nitrogens with two attached hydrogens (primary N) is 1. The molecule has 0 saturated heterocycles. The SMILES string of the molecule is NC(c1ccc(Br)cc1Cl)c1cccc2c1OCC2. The second kappa shape index (κ2) is 5.16. The highest BCUT2D eigenvalue weighted by Gasteiger charge is 2.22. The maximum atomic E-state index is 6.36. The van der Waals surface area contributed by atoms with Crippen LogP contribution in [-0.4, -0.2) is 6.61 Å². The van der Waals surface area contributed by atoms with Crippen molar-refractivity contribution >= 4 is 27.5 Å². The molecule has 0 fully saturated rings. The van der Waals surface area contributed by atoms with E-state index >= 15 is 0 Å². The van der Waals surface area contributed by atoms with E-state index in [0.717, 1.165) is 34.4 Å². The van der Waals surface area contributed by atoms with Gasteiger partial charge in [0.05, 0.1) is 12.6 Å². The Bertz CT molecular complexity index is 630. The number of para-hydroxylation sites is 1. The highest BCUT2D eigenvalue weighted by Crippen LogP contribution is 2.37. The van der Waals surface area contributed by atoms with Crippen LogP contribution in [0.5, 0.6) is 5.75 Å². The number of rotatable bonds is 2. The molecule has 98 valence electrons. The highest BCUT2D eigenvalue weighted by molar-refractivity contribution is 9.10. The van der Waals surface area contributed by atoms with Crippen LogP contribution >= 0.6 is 27.5 Å². The minimum atomic E-state index is -0.270. The molecule has 2 aromatic rings. The smallest absolute Gasteiger partial charge is 0.127 e. The van der Waals surface area contributed by atoms with Gasteiger partial charge in [-0.3, -0.25) is 0 Å². The first-order valence-corrected chi connectivity index (χ1v) is 7.29. The molecule has 0 amide bonds. The molecule has 2 N–H and O–H groups in total. The Balaban J connectivity index is 2.05. The monoisotopic (exact) mass is 337 g/mol. The van der Waals surface area contributed by atoms with Gasteiger partial charge in [0.25, 0.3) is 0 Å². The standard InChI is InChI=1S/C15H13BrClNO/c16-10-4-5-11(13(17)8-10)14(18)12-3-1-2-9-6-7-19-15(9)12/h1-5,8,14H,6-7,18H2. The molecular weight excluding hydrogens is 326 g/mol. The van der Waals surface area contributed by atoms with Gasteiger partial charge in [-0.25, -0.2) is 0 Å². The van der Waals surface area contributed by atoms with Gasteiger partial charge in [-0.1, -0.05) is 51.8 Å². The Labute approximate surface area is 125 Å². The van der Waals surface area contributed by atoms with E-state index in [1.54, 1.807) is 0 Å². The van der Waals surface area contributed by atoms with Crippen molar-refractivity contribution in [2.24, 2.45) is 5.73 Å². The summed E-state index contributed by atoms with van der Waals surface area (Å²) in [6.07, 6.45) is 0.948. The third kappa shape index (κ3) is 2.38. The van der Waals surface area contributed by atoms with Gasteiger partial charge in [0, 0.05) is 21.5 Å². The summed E-state index contributed by atoms with van der Waals surface area (Å²) in [5.74, 6) is 0.925.